The van der Waals surface area contributed by atoms with Gasteiger partial charge in [-0.25, -0.2) is 4.98 Å². The minimum Gasteiger partial charge on any atom is -0.381 e. The standard InChI is InChI=1S/C21H25N5O2/c1-14-13-28-11-8-26(14)19-12-17(15-4-9-27-10-5-15)16-2-6-22-21(20(16)24-19)18-3-7-23-25-18/h2-3,6-7,12,14-15H,4-5,8-11,13H2,1H3,(H,23,25)/t14-/m1/s1. The summed E-state index contributed by atoms with van der Waals surface area (Å²) in [5, 5.41) is 8.33. The lowest BCUT2D eigenvalue weighted by atomic mass is 9.89. The molecular formula is C21H25N5O2. The molecular weight excluding hydrogens is 354 g/mol. The SMILES string of the molecule is C[C@@H]1COCCN1c1cc(C2CCOCC2)c2ccnc(-c3ccn[nH]3)c2n1. The first-order valence-electron chi connectivity index (χ1n) is 10.0. The van der Waals surface area contributed by atoms with Gasteiger partial charge in [0.15, 0.2) is 0 Å². The fourth-order valence-electron chi connectivity index (χ4n) is 4.31. The van der Waals surface area contributed by atoms with Crippen molar-refractivity contribution in [2.75, 3.05) is 37.9 Å². The van der Waals surface area contributed by atoms with Crippen molar-refractivity contribution in [2.45, 2.75) is 31.7 Å². The summed E-state index contributed by atoms with van der Waals surface area (Å²) in [4.78, 5) is 12.1. The molecule has 1 N–H and O–H groups in total. The fourth-order valence-corrected chi connectivity index (χ4v) is 4.31. The van der Waals surface area contributed by atoms with E-state index in [1.54, 1.807) is 6.20 Å². The van der Waals surface area contributed by atoms with Gasteiger partial charge in [0.2, 0.25) is 0 Å². The van der Waals surface area contributed by atoms with Crippen LogP contribution < -0.4 is 4.90 Å². The Hall–Kier alpha value is -2.51. The average Bonchev–Trinajstić information content (AvgIpc) is 3.28. The van der Waals surface area contributed by atoms with Crippen molar-refractivity contribution in [3.8, 4) is 11.4 Å². The average molecular weight is 379 g/mol. The molecule has 2 aliphatic heterocycles. The molecule has 5 rings (SSSR count). The van der Waals surface area contributed by atoms with Gasteiger partial charge in [-0.2, -0.15) is 5.10 Å². The summed E-state index contributed by atoms with van der Waals surface area (Å²) in [6.07, 6.45) is 5.71. The van der Waals surface area contributed by atoms with E-state index < -0.39 is 0 Å². The van der Waals surface area contributed by atoms with E-state index in [-0.39, 0.29) is 0 Å². The van der Waals surface area contributed by atoms with Crippen molar-refractivity contribution in [3.05, 3.63) is 36.2 Å². The molecule has 0 aliphatic carbocycles. The fraction of sp³-hybridized carbons (Fsp3) is 0.476. The lowest BCUT2D eigenvalue weighted by Crippen LogP contribution is -2.44. The smallest absolute Gasteiger partial charge is 0.130 e. The van der Waals surface area contributed by atoms with Crippen LogP contribution in [0.3, 0.4) is 0 Å². The number of aromatic nitrogens is 4. The zero-order valence-electron chi connectivity index (χ0n) is 16.1. The number of H-pyrrole nitrogens is 1. The van der Waals surface area contributed by atoms with Crippen molar-refractivity contribution in [1.29, 1.82) is 0 Å². The molecule has 28 heavy (non-hydrogen) atoms. The summed E-state index contributed by atoms with van der Waals surface area (Å²) in [5.41, 5.74) is 4.03. The molecule has 3 aromatic heterocycles. The van der Waals surface area contributed by atoms with Gasteiger partial charge in [-0.15, -0.1) is 0 Å². The molecule has 2 fully saturated rings. The number of rotatable bonds is 3. The first-order chi connectivity index (χ1) is 13.8. The second kappa shape index (κ2) is 7.48. The van der Waals surface area contributed by atoms with Crippen molar-refractivity contribution < 1.29 is 9.47 Å². The molecule has 7 heteroatoms. The maximum atomic E-state index is 5.64. The molecule has 2 saturated heterocycles. The van der Waals surface area contributed by atoms with Crippen molar-refractivity contribution in [2.24, 2.45) is 0 Å². The number of hydrogen-bond acceptors (Lipinski definition) is 6. The second-order valence-electron chi connectivity index (χ2n) is 7.60. The third-order valence-electron chi connectivity index (χ3n) is 5.83. The van der Waals surface area contributed by atoms with Gasteiger partial charge in [0.1, 0.15) is 17.0 Å². The van der Waals surface area contributed by atoms with Crippen LogP contribution in [-0.2, 0) is 9.47 Å². The van der Waals surface area contributed by atoms with E-state index in [0.29, 0.717) is 12.0 Å². The molecule has 2 aliphatic rings. The Morgan fingerprint density at radius 2 is 2.00 bits per heavy atom. The van der Waals surface area contributed by atoms with Crippen LogP contribution in [0.15, 0.2) is 30.6 Å². The topological polar surface area (TPSA) is 76.2 Å². The van der Waals surface area contributed by atoms with E-state index in [1.165, 1.54) is 10.9 Å². The molecule has 0 unspecified atom stereocenters. The summed E-state index contributed by atoms with van der Waals surface area (Å²) in [5.74, 6) is 1.49. The number of hydrogen-bond donors (Lipinski definition) is 1. The maximum Gasteiger partial charge on any atom is 0.130 e. The largest absolute Gasteiger partial charge is 0.381 e. The minimum atomic E-state index is 0.300. The second-order valence-corrected chi connectivity index (χ2v) is 7.60. The molecule has 0 spiro atoms. The van der Waals surface area contributed by atoms with E-state index >= 15 is 0 Å². The van der Waals surface area contributed by atoms with Gasteiger partial charge in [-0.05, 0) is 49.4 Å². The number of nitrogens with zero attached hydrogens (tertiary/aromatic N) is 4. The van der Waals surface area contributed by atoms with Crippen molar-refractivity contribution >= 4 is 16.7 Å². The number of ether oxygens (including phenoxy) is 2. The van der Waals surface area contributed by atoms with E-state index in [9.17, 15) is 0 Å². The highest BCUT2D eigenvalue weighted by molar-refractivity contribution is 5.94. The molecule has 0 aromatic carbocycles. The summed E-state index contributed by atoms with van der Waals surface area (Å²) in [7, 11) is 0. The van der Waals surface area contributed by atoms with E-state index in [2.05, 4.69) is 39.1 Å². The summed E-state index contributed by atoms with van der Waals surface area (Å²) in [6.45, 7) is 6.14. The van der Waals surface area contributed by atoms with Crippen LogP contribution in [0.1, 0.15) is 31.2 Å². The normalized spacial score (nSPS) is 21.3. The molecule has 0 bridgehead atoms. The van der Waals surface area contributed by atoms with Gasteiger partial charge in [0.25, 0.3) is 0 Å². The summed E-state index contributed by atoms with van der Waals surface area (Å²) in [6, 6.07) is 6.63. The van der Waals surface area contributed by atoms with Crippen molar-refractivity contribution in [1.82, 2.24) is 20.2 Å². The predicted octanol–water partition coefficient (Wildman–Crippen LogP) is 3.14. The highest BCUT2D eigenvalue weighted by Gasteiger charge is 2.25. The van der Waals surface area contributed by atoms with Gasteiger partial charge in [0, 0.05) is 37.5 Å². The third-order valence-corrected chi connectivity index (χ3v) is 5.83. The Kier molecular flexibility index (Phi) is 4.70. The van der Waals surface area contributed by atoms with Gasteiger partial charge < -0.3 is 14.4 Å². The van der Waals surface area contributed by atoms with Gasteiger partial charge in [-0.1, -0.05) is 0 Å². The van der Waals surface area contributed by atoms with Crippen LogP contribution in [0.5, 0.6) is 0 Å². The van der Waals surface area contributed by atoms with Crippen LogP contribution >= 0.6 is 0 Å². The molecule has 1 atom stereocenters. The first kappa shape index (κ1) is 17.6. The Labute approximate surface area is 164 Å². The summed E-state index contributed by atoms with van der Waals surface area (Å²) < 4.78 is 11.2. The quantitative estimate of drug-likeness (QED) is 0.753. The highest BCUT2D eigenvalue weighted by atomic mass is 16.5. The Balaban J connectivity index is 1.70. The first-order valence-corrected chi connectivity index (χ1v) is 10.0. The Morgan fingerprint density at radius 3 is 2.79 bits per heavy atom. The molecule has 0 radical (unpaired) electrons. The van der Waals surface area contributed by atoms with Gasteiger partial charge in [-0.3, -0.25) is 10.1 Å². The van der Waals surface area contributed by atoms with Gasteiger partial charge in [0.05, 0.1) is 24.9 Å². The zero-order chi connectivity index (χ0) is 18.9. The lowest BCUT2D eigenvalue weighted by molar-refractivity contribution is 0.0855. The monoisotopic (exact) mass is 379 g/mol. The predicted molar refractivity (Wildman–Crippen MR) is 108 cm³/mol. The molecule has 146 valence electrons. The number of morpholine rings is 1. The van der Waals surface area contributed by atoms with Crippen LogP contribution in [0, 0.1) is 0 Å². The van der Waals surface area contributed by atoms with Crippen LogP contribution in [0.25, 0.3) is 22.3 Å². The molecule has 0 amide bonds. The number of aromatic amines is 1. The number of nitrogens with one attached hydrogen (secondary N) is 1. The van der Waals surface area contributed by atoms with Crippen LogP contribution in [0.4, 0.5) is 5.82 Å². The van der Waals surface area contributed by atoms with E-state index in [4.69, 9.17) is 14.5 Å². The maximum absolute atomic E-state index is 5.64. The number of fused-ring (bicyclic) bond motifs is 1. The number of anilines is 1. The number of pyridine rings is 2. The minimum absolute atomic E-state index is 0.300. The zero-order valence-corrected chi connectivity index (χ0v) is 16.1. The van der Waals surface area contributed by atoms with E-state index in [1.807, 2.05) is 12.3 Å². The molecule has 7 nitrogen and oxygen atoms in total. The van der Waals surface area contributed by atoms with Gasteiger partial charge >= 0.3 is 0 Å². The molecule has 5 heterocycles. The third kappa shape index (κ3) is 3.14. The van der Waals surface area contributed by atoms with Crippen molar-refractivity contribution in [3.63, 3.8) is 0 Å². The molecule has 0 saturated carbocycles. The highest BCUT2D eigenvalue weighted by Crippen LogP contribution is 2.37. The lowest BCUT2D eigenvalue weighted by Gasteiger charge is -2.35. The Bertz CT molecular complexity index is 953. The Morgan fingerprint density at radius 1 is 1.11 bits per heavy atom. The van der Waals surface area contributed by atoms with Crippen LogP contribution in [0.2, 0.25) is 0 Å². The molecule has 3 aromatic rings. The van der Waals surface area contributed by atoms with E-state index in [0.717, 1.165) is 68.5 Å². The van der Waals surface area contributed by atoms with Crippen LogP contribution in [-0.4, -0.2) is 59.2 Å². The summed E-state index contributed by atoms with van der Waals surface area (Å²) >= 11 is 0.